The van der Waals surface area contributed by atoms with Crippen molar-refractivity contribution in [2.45, 2.75) is 18.9 Å². The van der Waals surface area contributed by atoms with Crippen LogP contribution in [0.15, 0.2) is 29.3 Å². The van der Waals surface area contributed by atoms with Gasteiger partial charge in [0.15, 0.2) is 5.96 Å². The number of benzene rings is 1. The lowest BCUT2D eigenvalue weighted by molar-refractivity contribution is 0.415. The van der Waals surface area contributed by atoms with Crippen LogP contribution in [0.4, 0.5) is 0 Å². The summed E-state index contributed by atoms with van der Waals surface area (Å²) in [5.41, 5.74) is 6.64. The van der Waals surface area contributed by atoms with Gasteiger partial charge in [0.2, 0.25) is 0 Å². The predicted octanol–water partition coefficient (Wildman–Crippen LogP) is 1.86. The maximum absolute atomic E-state index is 5.98. The molecule has 1 aromatic carbocycles. The molecule has 0 radical (unpaired) electrons. The average Bonchev–Trinajstić information content (AvgIpc) is 2.61. The summed E-state index contributed by atoms with van der Waals surface area (Å²) in [5, 5.41) is 3.97. The lowest BCUT2D eigenvalue weighted by Crippen LogP contribution is -2.44. The van der Waals surface area contributed by atoms with Crippen molar-refractivity contribution in [2.24, 2.45) is 10.7 Å². The van der Waals surface area contributed by atoms with Gasteiger partial charge in [0.1, 0.15) is 0 Å². The lowest BCUT2D eigenvalue weighted by atomic mass is 9.88. The van der Waals surface area contributed by atoms with Gasteiger partial charge in [0, 0.05) is 5.02 Å². The van der Waals surface area contributed by atoms with E-state index in [-0.39, 0.29) is 5.54 Å². The number of nitrogens with two attached hydrogens (primary N) is 1. The van der Waals surface area contributed by atoms with Gasteiger partial charge in [-0.25, -0.2) is 0 Å². The van der Waals surface area contributed by atoms with E-state index in [1.54, 1.807) is 0 Å². The van der Waals surface area contributed by atoms with Crippen molar-refractivity contribution >= 4 is 17.6 Å². The van der Waals surface area contributed by atoms with Gasteiger partial charge < -0.3 is 11.1 Å². The summed E-state index contributed by atoms with van der Waals surface area (Å²) in [6.07, 6.45) is 0.928. The molecule has 0 aromatic heterocycles. The molecule has 1 heterocycles. The van der Waals surface area contributed by atoms with Crippen LogP contribution in [0.3, 0.4) is 0 Å². The highest BCUT2D eigenvalue weighted by molar-refractivity contribution is 6.30. The topological polar surface area (TPSA) is 50.4 Å². The Labute approximate surface area is 94.3 Å². The molecule has 0 bridgehead atoms. The molecule has 0 fully saturated rings. The Hall–Kier alpha value is -1.22. The van der Waals surface area contributed by atoms with Gasteiger partial charge in [-0.15, -0.1) is 0 Å². The third-order valence-electron chi connectivity index (χ3n) is 2.87. The Bertz CT molecular complexity index is 403. The van der Waals surface area contributed by atoms with E-state index in [4.69, 9.17) is 17.3 Å². The van der Waals surface area contributed by atoms with Crippen molar-refractivity contribution < 1.29 is 0 Å². The van der Waals surface area contributed by atoms with E-state index in [0.29, 0.717) is 12.5 Å². The Morgan fingerprint density at radius 2 is 2.40 bits per heavy atom. The van der Waals surface area contributed by atoms with Gasteiger partial charge in [-0.05, 0) is 24.1 Å². The highest BCUT2D eigenvalue weighted by Gasteiger charge is 2.34. The van der Waals surface area contributed by atoms with Crippen LogP contribution in [0.1, 0.15) is 18.9 Å². The van der Waals surface area contributed by atoms with Crippen molar-refractivity contribution in [1.29, 1.82) is 0 Å². The molecule has 0 spiro atoms. The second-order valence-corrected chi connectivity index (χ2v) is 4.21. The van der Waals surface area contributed by atoms with Crippen LogP contribution in [0.25, 0.3) is 0 Å². The van der Waals surface area contributed by atoms with Crippen LogP contribution in [-0.4, -0.2) is 12.5 Å². The fraction of sp³-hybridized carbons (Fsp3) is 0.364. The Kier molecular flexibility index (Phi) is 2.57. The van der Waals surface area contributed by atoms with E-state index in [1.807, 2.05) is 18.2 Å². The highest BCUT2D eigenvalue weighted by atomic mass is 35.5. The molecule has 0 saturated carbocycles. The Morgan fingerprint density at radius 1 is 1.60 bits per heavy atom. The van der Waals surface area contributed by atoms with Gasteiger partial charge >= 0.3 is 0 Å². The fourth-order valence-electron chi connectivity index (χ4n) is 1.90. The summed E-state index contributed by atoms with van der Waals surface area (Å²) in [6, 6.07) is 7.83. The van der Waals surface area contributed by atoms with Gasteiger partial charge in [-0.2, -0.15) is 0 Å². The summed E-state index contributed by atoms with van der Waals surface area (Å²) in [6.45, 7) is 2.79. The first-order valence-corrected chi connectivity index (χ1v) is 5.38. The molecular formula is C11H14ClN3. The minimum Gasteiger partial charge on any atom is -0.370 e. The largest absolute Gasteiger partial charge is 0.370 e. The Morgan fingerprint density at radius 3 is 2.93 bits per heavy atom. The molecule has 2 rings (SSSR count). The number of nitrogens with one attached hydrogen (secondary N) is 1. The zero-order chi connectivity index (χ0) is 10.9. The molecule has 15 heavy (non-hydrogen) atoms. The third kappa shape index (κ3) is 1.79. The van der Waals surface area contributed by atoms with Gasteiger partial charge in [-0.1, -0.05) is 30.7 Å². The molecule has 80 valence electrons. The molecule has 0 saturated heterocycles. The number of rotatable bonds is 2. The van der Waals surface area contributed by atoms with Crippen LogP contribution in [0.2, 0.25) is 5.02 Å². The molecule has 1 unspecified atom stereocenters. The standard InChI is InChI=1S/C11H14ClN3/c1-2-11(7-14-10(13)15-11)8-4-3-5-9(12)6-8/h3-6H,2,7H2,1H3,(H3,13,14,15). The monoisotopic (exact) mass is 223 g/mol. The van der Waals surface area contributed by atoms with Crippen LogP contribution < -0.4 is 11.1 Å². The van der Waals surface area contributed by atoms with Crippen LogP contribution in [-0.2, 0) is 5.54 Å². The summed E-state index contributed by atoms with van der Waals surface area (Å²) in [5.74, 6) is 0.511. The van der Waals surface area contributed by atoms with Crippen LogP contribution in [0.5, 0.6) is 0 Å². The summed E-state index contributed by atoms with van der Waals surface area (Å²) in [4.78, 5) is 4.21. The fourth-order valence-corrected chi connectivity index (χ4v) is 2.09. The van der Waals surface area contributed by atoms with E-state index >= 15 is 0 Å². The summed E-state index contributed by atoms with van der Waals surface area (Å²) < 4.78 is 0. The Balaban J connectivity index is 2.36. The number of guanidine groups is 1. The minimum atomic E-state index is -0.172. The van der Waals surface area contributed by atoms with Crippen LogP contribution >= 0.6 is 11.6 Å². The highest BCUT2D eigenvalue weighted by Crippen LogP contribution is 2.29. The molecule has 1 aliphatic heterocycles. The van der Waals surface area contributed by atoms with Crippen molar-refractivity contribution in [3.05, 3.63) is 34.9 Å². The SMILES string of the molecule is CCC1(c2cccc(Cl)c2)CN=C(N)N1. The number of aliphatic imine (C=N–C) groups is 1. The molecule has 0 aliphatic carbocycles. The number of halogens is 1. The quantitative estimate of drug-likeness (QED) is 0.804. The average molecular weight is 224 g/mol. The van der Waals surface area contributed by atoms with Crippen LogP contribution in [0, 0.1) is 0 Å². The summed E-state index contributed by atoms with van der Waals surface area (Å²) >= 11 is 5.98. The normalized spacial score (nSPS) is 24.8. The summed E-state index contributed by atoms with van der Waals surface area (Å²) in [7, 11) is 0. The van der Waals surface area contributed by atoms with Gasteiger partial charge in [0.25, 0.3) is 0 Å². The van der Waals surface area contributed by atoms with E-state index in [0.717, 1.165) is 17.0 Å². The third-order valence-corrected chi connectivity index (χ3v) is 3.10. The smallest absolute Gasteiger partial charge is 0.189 e. The van der Waals surface area contributed by atoms with Crippen molar-refractivity contribution in [1.82, 2.24) is 5.32 Å². The molecule has 4 heteroatoms. The maximum atomic E-state index is 5.98. The predicted molar refractivity (Wildman–Crippen MR) is 63.0 cm³/mol. The van der Waals surface area contributed by atoms with E-state index < -0.39 is 0 Å². The first-order valence-electron chi connectivity index (χ1n) is 5.00. The zero-order valence-electron chi connectivity index (χ0n) is 8.63. The van der Waals surface area contributed by atoms with E-state index in [2.05, 4.69) is 23.3 Å². The molecular weight excluding hydrogens is 210 g/mol. The molecule has 1 aliphatic rings. The molecule has 1 atom stereocenters. The lowest BCUT2D eigenvalue weighted by Gasteiger charge is -2.28. The molecule has 3 N–H and O–H groups in total. The molecule has 0 amide bonds. The molecule has 1 aromatic rings. The van der Waals surface area contributed by atoms with Crippen molar-refractivity contribution in [3.63, 3.8) is 0 Å². The number of hydrogen-bond donors (Lipinski definition) is 2. The molecule has 3 nitrogen and oxygen atoms in total. The zero-order valence-corrected chi connectivity index (χ0v) is 9.38. The van der Waals surface area contributed by atoms with Gasteiger partial charge in [-0.3, -0.25) is 4.99 Å². The number of nitrogens with zero attached hydrogens (tertiary/aromatic N) is 1. The van der Waals surface area contributed by atoms with Gasteiger partial charge in [0.05, 0.1) is 12.1 Å². The maximum Gasteiger partial charge on any atom is 0.189 e. The van der Waals surface area contributed by atoms with E-state index in [9.17, 15) is 0 Å². The van der Waals surface area contributed by atoms with Crippen molar-refractivity contribution in [3.8, 4) is 0 Å². The minimum absolute atomic E-state index is 0.172. The number of hydrogen-bond acceptors (Lipinski definition) is 3. The van der Waals surface area contributed by atoms with Crippen molar-refractivity contribution in [2.75, 3.05) is 6.54 Å². The van der Waals surface area contributed by atoms with E-state index in [1.165, 1.54) is 0 Å². The second kappa shape index (κ2) is 3.74. The first kappa shape index (κ1) is 10.3. The first-order chi connectivity index (χ1) is 7.16. The second-order valence-electron chi connectivity index (χ2n) is 3.77.